The Morgan fingerprint density at radius 3 is 2.93 bits per heavy atom. The van der Waals surface area contributed by atoms with Gasteiger partial charge in [0.1, 0.15) is 0 Å². The van der Waals surface area contributed by atoms with Gasteiger partial charge in [-0.3, -0.25) is 4.98 Å². The highest BCUT2D eigenvalue weighted by Crippen LogP contribution is 2.24. The number of halogens is 1. The molecule has 2 atom stereocenters. The Labute approximate surface area is 99.6 Å². The van der Waals surface area contributed by atoms with Gasteiger partial charge in [0, 0.05) is 23.3 Å². The third-order valence-corrected chi connectivity index (χ3v) is 3.66. The molecular formula is C12H17BrN2. The van der Waals surface area contributed by atoms with Crippen LogP contribution in [-0.2, 0) is 6.54 Å². The Hall–Kier alpha value is -0.410. The van der Waals surface area contributed by atoms with E-state index in [9.17, 15) is 0 Å². The quantitative estimate of drug-likeness (QED) is 0.911. The minimum absolute atomic E-state index is 0.690. The maximum Gasteiger partial charge on any atom is 0.0542 e. The largest absolute Gasteiger partial charge is 0.308 e. The van der Waals surface area contributed by atoms with Crippen molar-refractivity contribution >= 4 is 15.9 Å². The van der Waals surface area contributed by atoms with Gasteiger partial charge in [0.25, 0.3) is 0 Å². The second-order valence-electron chi connectivity index (χ2n) is 4.36. The lowest BCUT2D eigenvalue weighted by molar-refractivity contribution is 0.423. The molecular weight excluding hydrogens is 252 g/mol. The summed E-state index contributed by atoms with van der Waals surface area (Å²) in [6.45, 7) is 3.22. The van der Waals surface area contributed by atoms with Crippen LogP contribution in [0.15, 0.2) is 22.8 Å². The van der Waals surface area contributed by atoms with Crippen molar-refractivity contribution in [3.63, 3.8) is 0 Å². The molecule has 0 spiro atoms. The van der Waals surface area contributed by atoms with Crippen molar-refractivity contribution in [3.05, 3.63) is 28.5 Å². The standard InChI is InChI=1S/C12H17BrN2/c1-9-3-2-4-12(9)15-8-11-6-5-10(13)7-14-11/h5-7,9,12,15H,2-4,8H2,1H3. The molecule has 0 bridgehead atoms. The predicted octanol–water partition coefficient (Wildman–Crippen LogP) is 3.12. The highest BCUT2D eigenvalue weighted by Gasteiger charge is 2.22. The third kappa shape index (κ3) is 3.02. The lowest BCUT2D eigenvalue weighted by Crippen LogP contribution is -2.30. The highest BCUT2D eigenvalue weighted by molar-refractivity contribution is 9.10. The van der Waals surface area contributed by atoms with Crippen molar-refractivity contribution in [2.75, 3.05) is 0 Å². The van der Waals surface area contributed by atoms with E-state index < -0.39 is 0 Å². The van der Waals surface area contributed by atoms with Gasteiger partial charge in [-0.2, -0.15) is 0 Å². The van der Waals surface area contributed by atoms with E-state index in [0.717, 1.165) is 22.6 Å². The van der Waals surface area contributed by atoms with Crippen LogP contribution in [0.2, 0.25) is 0 Å². The molecule has 1 aromatic heterocycles. The summed E-state index contributed by atoms with van der Waals surface area (Å²) in [5.41, 5.74) is 1.12. The van der Waals surface area contributed by atoms with Gasteiger partial charge in [0.15, 0.2) is 0 Å². The van der Waals surface area contributed by atoms with Crippen LogP contribution >= 0.6 is 15.9 Å². The average Bonchev–Trinajstić information content (AvgIpc) is 2.63. The molecule has 0 radical (unpaired) electrons. The van der Waals surface area contributed by atoms with Gasteiger partial charge in [-0.1, -0.05) is 13.3 Å². The van der Waals surface area contributed by atoms with Gasteiger partial charge < -0.3 is 5.32 Å². The molecule has 2 nitrogen and oxygen atoms in total. The molecule has 3 heteroatoms. The molecule has 0 saturated heterocycles. The third-order valence-electron chi connectivity index (χ3n) is 3.20. The maximum absolute atomic E-state index is 4.35. The highest BCUT2D eigenvalue weighted by atomic mass is 79.9. The van der Waals surface area contributed by atoms with Crippen LogP contribution in [0.25, 0.3) is 0 Å². The minimum Gasteiger partial charge on any atom is -0.308 e. The molecule has 1 N–H and O–H groups in total. The van der Waals surface area contributed by atoms with Gasteiger partial charge in [-0.05, 0) is 46.8 Å². The molecule has 1 aliphatic rings. The molecule has 2 unspecified atom stereocenters. The summed E-state index contributed by atoms with van der Waals surface area (Å²) < 4.78 is 1.04. The zero-order valence-corrected chi connectivity index (χ0v) is 10.6. The topological polar surface area (TPSA) is 24.9 Å². The molecule has 2 rings (SSSR count). The molecule has 1 fully saturated rings. The fourth-order valence-corrected chi connectivity index (χ4v) is 2.43. The van der Waals surface area contributed by atoms with Crippen LogP contribution in [0.4, 0.5) is 0 Å². The molecule has 0 amide bonds. The summed E-state index contributed by atoms with van der Waals surface area (Å²) in [6, 6.07) is 4.80. The van der Waals surface area contributed by atoms with E-state index in [0.29, 0.717) is 6.04 Å². The van der Waals surface area contributed by atoms with Gasteiger partial charge in [-0.25, -0.2) is 0 Å². The lowest BCUT2D eigenvalue weighted by atomic mass is 10.1. The van der Waals surface area contributed by atoms with Crippen molar-refractivity contribution in [2.24, 2.45) is 5.92 Å². The van der Waals surface area contributed by atoms with Gasteiger partial charge in [-0.15, -0.1) is 0 Å². The molecule has 1 saturated carbocycles. The lowest BCUT2D eigenvalue weighted by Gasteiger charge is -2.16. The zero-order valence-electron chi connectivity index (χ0n) is 9.04. The second-order valence-corrected chi connectivity index (χ2v) is 5.28. The van der Waals surface area contributed by atoms with E-state index in [4.69, 9.17) is 0 Å². The number of aromatic nitrogens is 1. The van der Waals surface area contributed by atoms with E-state index >= 15 is 0 Å². The van der Waals surface area contributed by atoms with Crippen molar-refractivity contribution in [2.45, 2.75) is 38.8 Å². The van der Waals surface area contributed by atoms with Crippen LogP contribution in [-0.4, -0.2) is 11.0 Å². The van der Waals surface area contributed by atoms with E-state index in [-0.39, 0.29) is 0 Å². The molecule has 82 valence electrons. The number of pyridine rings is 1. The predicted molar refractivity (Wildman–Crippen MR) is 65.6 cm³/mol. The van der Waals surface area contributed by atoms with Crippen molar-refractivity contribution in [3.8, 4) is 0 Å². The minimum atomic E-state index is 0.690. The van der Waals surface area contributed by atoms with E-state index in [1.165, 1.54) is 19.3 Å². The van der Waals surface area contributed by atoms with Crippen LogP contribution in [0.3, 0.4) is 0 Å². The van der Waals surface area contributed by atoms with Crippen molar-refractivity contribution in [1.29, 1.82) is 0 Å². The summed E-state index contributed by atoms with van der Waals surface area (Å²) in [4.78, 5) is 4.35. The first-order chi connectivity index (χ1) is 7.25. The zero-order chi connectivity index (χ0) is 10.7. The van der Waals surface area contributed by atoms with Crippen LogP contribution < -0.4 is 5.32 Å². The number of nitrogens with one attached hydrogen (secondary N) is 1. The number of hydrogen-bond donors (Lipinski definition) is 1. The molecule has 0 aliphatic heterocycles. The Bertz CT molecular complexity index is 310. The van der Waals surface area contributed by atoms with Crippen molar-refractivity contribution in [1.82, 2.24) is 10.3 Å². The van der Waals surface area contributed by atoms with Crippen LogP contribution in [0.5, 0.6) is 0 Å². The average molecular weight is 269 g/mol. The van der Waals surface area contributed by atoms with E-state index in [2.05, 4.69) is 39.2 Å². The summed E-state index contributed by atoms with van der Waals surface area (Å²) in [7, 11) is 0. The molecule has 1 heterocycles. The maximum atomic E-state index is 4.35. The fourth-order valence-electron chi connectivity index (χ4n) is 2.20. The second kappa shape index (κ2) is 5.08. The van der Waals surface area contributed by atoms with Gasteiger partial charge >= 0.3 is 0 Å². The summed E-state index contributed by atoms with van der Waals surface area (Å²) in [5, 5.41) is 3.59. The summed E-state index contributed by atoms with van der Waals surface area (Å²) in [6.07, 6.45) is 5.91. The Balaban J connectivity index is 1.85. The number of hydrogen-bond acceptors (Lipinski definition) is 2. The normalized spacial score (nSPS) is 25.7. The molecule has 15 heavy (non-hydrogen) atoms. The Morgan fingerprint density at radius 2 is 2.33 bits per heavy atom. The van der Waals surface area contributed by atoms with E-state index in [1.54, 1.807) is 0 Å². The first-order valence-corrected chi connectivity index (χ1v) is 6.39. The molecule has 0 aromatic carbocycles. The Kier molecular flexibility index (Phi) is 3.76. The van der Waals surface area contributed by atoms with Crippen LogP contribution in [0.1, 0.15) is 31.9 Å². The smallest absolute Gasteiger partial charge is 0.0542 e. The number of nitrogens with zero attached hydrogens (tertiary/aromatic N) is 1. The van der Waals surface area contributed by atoms with Gasteiger partial charge in [0.2, 0.25) is 0 Å². The monoisotopic (exact) mass is 268 g/mol. The summed E-state index contributed by atoms with van der Waals surface area (Å²) in [5.74, 6) is 0.820. The van der Waals surface area contributed by atoms with Crippen molar-refractivity contribution < 1.29 is 0 Å². The first kappa shape index (κ1) is 11.1. The SMILES string of the molecule is CC1CCCC1NCc1ccc(Br)cn1. The van der Waals surface area contributed by atoms with E-state index in [1.807, 2.05) is 12.3 Å². The number of rotatable bonds is 3. The first-order valence-electron chi connectivity index (χ1n) is 5.59. The van der Waals surface area contributed by atoms with Crippen LogP contribution in [0, 0.1) is 5.92 Å². The molecule has 1 aliphatic carbocycles. The van der Waals surface area contributed by atoms with Gasteiger partial charge in [0.05, 0.1) is 5.69 Å². The fraction of sp³-hybridized carbons (Fsp3) is 0.583. The Morgan fingerprint density at radius 1 is 1.47 bits per heavy atom. The summed E-state index contributed by atoms with van der Waals surface area (Å²) >= 11 is 3.39. The molecule has 1 aromatic rings.